The van der Waals surface area contributed by atoms with Gasteiger partial charge in [-0.3, -0.25) is 0 Å². The molecule has 2 aromatic heterocycles. The van der Waals surface area contributed by atoms with Crippen LogP contribution in [0.5, 0.6) is 0 Å². The molecule has 1 spiro atoms. The van der Waals surface area contributed by atoms with E-state index in [1.807, 2.05) is 0 Å². The van der Waals surface area contributed by atoms with Crippen LogP contribution in [0.2, 0.25) is 0 Å². The SMILES string of the molecule is C1=CCC2C(=C1)n1c3ccccc3c3c1c(cc1c4ccccc4n(-c4ccccc4)c13)C21c2ccccc2-c2ccc(N(c3ccccc3)c3cccc4ccccc34)cc21. The Kier molecular flexibility index (Phi) is 6.88. The van der Waals surface area contributed by atoms with Crippen molar-refractivity contribution in [2.45, 2.75) is 11.8 Å². The Bertz CT molecular complexity index is 3730. The molecular formula is C59H39N3. The summed E-state index contributed by atoms with van der Waals surface area (Å²) in [6.45, 7) is 0. The Balaban J connectivity index is 1.16. The second-order valence-electron chi connectivity index (χ2n) is 17.1. The maximum Gasteiger partial charge on any atom is 0.0641 e. The molecule has 3 heterocycles. The quantitative estimate of drug-likeness (QED) is 0.173. The lowest BCUT2D eigenvalue weighted by Crippen LogP contribution is -2.41. The number of hydrogen-bond donors (Lipinski definition) is 0. The normalized spacial score (nSPS) is 17.2. The van der Waals surface area contributed by atoms with E-state index in [1.54, 1.807) is 0 Å². The number of anilines is 3. The van der Waals surface area contributed by atoms with Gasteiger partial charge in [-0.25, -0.2) is 0 Å². The van der Waals surface area contributed by atoms with Crippen molar-refractivity contribution in [2.24, 2.45) is 5.92 Å². The number of hydrogen-bond acceptors (Lipinski definition) is 1. The molecule has 0 amide bonds. The van der Waals surface area contributed by atoms with Crippen LogP contribution in [0.4, 0.5) is 17.1 Å². The van der Waals surface area contributed by atoms with Crippen LogP contribution < -0.4 is 4.90 Å². The van der Waals surface area contributed by atoms with Crippen molar-refractivity contribution >= 4 is 77.1 Å². The summed E-state index contributed by atoms with van der Waals surface area (Å²) < 4.78 is 5.16. The third kappa shape index (κ3) is 4.29. The molecule has 0 bridgehead atoms. The highest BCUT2D eigenvalue weighted by atomic mass is 15.1. The van der Waals surface area contributed by atoms with Gasteiger partial charge in [0.15, 0.2) is 0 Å². The van der Waals surface area contributed by atoms with E-state index in [-0.39, 0.29) is 5.92 Å². The second kappa shape index (κ2) is 12.6. The van der Waals surface area contributed by atoms with E-state index in [1.165, 1.54) is 99.3 Å². The second-order valence-corrected chi connectivity index (χ2v) is 17.1. The molecule has 3 nitrogen and oxygen atoms in total. The van der Waals surface area contributed by atoms with E-state index in [4.69, 9.17) is 0 Å². The van der Waals surface area contributed by atoms with E-state index in [0.717, 1.165) is 17.8 Å². The summed E-state index contributed by atoms with van der Waals surface area (Å²) in [4.78, 5) is 2.48. The summed E-state index contributed by atoms with van der Waals surface area (Å²) >= 11 is 0. The largest absolute Gasteiger partial charge is 0.312 e. The Morgan fingerprint density at radius 3 is 2.00 bits per heavy atom. The zero-order valence-electron chi connectivity index (χ0n) is 33.9. The highest BCUT2D eigenvalue weighted by Gasteiger charge is 2.55. The third-order valence-electron chi connectivity index (χ3n) is 14.3. The molecule has 3 aliphatic rings. The first kappa shape index (κ1) is 33.9. The van der Waals surface area contributed by atoms with Crippen LogP contribution >= 0.6 is 0 Å². The summed E-state index contributed by atoms with van der Waals surface area (Å²) in [6, 6.07) is 74.7. The molecule has 1 aliphatic heterocycles. The van der Waals surface area contributed by atoms with Gasteiger partial charge in [-0.05, 0) is 106 Å². The van der Waals surface area contributed by atoms with Crippen LogP contribution in [-0.2, 0) is 5.41 Å². The van der Waals surface area contributed by atoms with Crippen molar-refractivity contribution in [3.63, 3.8) is 0 Å². The predicted molar refractivity (Wildman–Crippen MR) is 259 cm³/mol. The number of aromatic nitrogens is 2. The van der Waals surface area contributed by atoms with Gasteiger partial charge in [0.2, 0.25) is 0 Å². The average molecular weight is 790 g/mol. The van der Waals surface area contributed by atoms with E-state index >= 15 is 0 Å². The van der Waals surface area contributed by atoms with Crippen LogP contribution in [-0.4, -0.2) is 9.13 Å². The maximum atomic E-state index is 2.64. The van der Waals surface area contributed by atoms with Crippen molar-refractivity contribution in [1.82, 2.24) is 9.13 Å². The molecule has 290 valence electrons. The Labute approximate surface area is 359 Å². The number of nitrogens with zero attached hydrogens (tertiary/aromatic N) is 3. The molecule has 0 radical (unpaired) electrons. The molecule has 2 unspecified atom stereocenters. The lowest BCUT2D eigenvalue weighted by molar-refractivity contribution is 0.451. The van der Waals surface area contributed by atoms with Gasteiger partial charge in [0.25, 0.3) is 0 Å². The van der Waals surface area contributed by atoms with Gasteiger partial charge in [-0.15, -0.1) is 0 Å². The highest BCUT2D eigenvalue weighted by Crippen LogP contribution is 2.65. The Morgan fingerprint density at radius 2 is 1.15 bits per heavy atom. The van der Waals surface area contributed by atoms with Gasteiger partial charge in [-0.1, -0.05) is 152 Å². The van der Waals surface area contributed by atoms with Crippen molar-refractivity contribution < 1.29 is 0 Å². The molecule has 0 N–H and O–H groups in total. The Morgan fingerprint density at radius 1 is 0.468 bits per heavy atom. The number of rotatable bonds is 4. The summed E-state index contributed by atoms with van der Waals surface area (Å²) in [6.07, 6.45) is 8.03. The van der Waals surface area contributed by atoms with Gasteiger partial charge in [-0.2, -0.15) is 0 Å². The maximum absolute atomic E-state index is 2.64. The van der Waals surface area contributed by atoms with E-state index in [9.17, 15) is 0 Å². The fourth-order valence-corrected chi connectivity index (χ4v) is 12.0. The van der Waals surface area contributed by atoms with Crippen LogP contribution in [0.15, 0.2) is 218 Å². The minimum Gasteiger partial charge on any atom is -0.312 e. The smallest absolute Gasteiger partial charge is 0.0641 e. The van der Waals surface area contributed by atoms with Crippen LogP contribution in [0.3, 0.4) is 0 Å². The molecule has 0 saturated heterocycles. The first-order chi connectivity index (χ1) is 30.8. The molecular weight excluding hydrogens is 751 g/mol. The number of para-hydroxylation sites is 4. The average Bonchev–Trinajstić information content (AvgIpc) is 3.96. The van der Waals surface area contributed by atoms with Crippen LogP contribution in [0.25, 0.3) is 76.9 Å². The van der Waals surface area contributed by atoms with E-state index in [2.05, 4.69) is 232 Å². The molecule has 2 aliphatic carbocycles. The fraction of sp³-hybridized carbons (Fsp3) is 0.0508. The minimum absolute atomic E-state index is 0.138. The third-order valence-corrected chi connectivity index (χ3v) is 14.3. The summed E-state index contributed by atoms with van der Waals surface area (Å²) in [5.41, 5.74) is 17.3. The molecule has 9 aromatic carbocycles. The number of benzene rings is 9. The monoisotopic (exact) mass is 789 g/mol. The van der Waals surface area contributed by atoms with Crippen molar-refractivity contribution in [2.75, 3.05) is 4.90 Å². The minimum atomic E-state index is -0.494. The lowest BCUT2D eigenvalue weighted by Gasteiger charge is -2.46. The van der Waals surface area contributed by atoms with E-state index in [0.29, 0.717) is 0 Å². The van der Waals surface area contributed by atoms with E-state index < -0.39 is 5.41 Å². The molecule has 14 rings (SSSR count). The van der Waals surface area contributed by atoms with Gasteiger partial charge < -0.3 is 14.0 Å². The van der Waals surface area contributed by atoms with Gasteiger partial charge in [0.1, 0.15) is 0 Å². The van der Waals surface area contributed by atoms with Crippen molar-refractivity contribution in [1.29, 1.82) is 0 Å². The molecule has 0 fully saturated rings. The molecule has 62 heavy (non-hydrogen) atoms. The van der Waals surface area contributed by atoms with Gasteiger partial charge in [0.05, 0.1) is 33.2 Å². The fourth-order valence-electron chi connectivity index (χ4n) is 12.0. The van der Waals surface area contributed by atoms with Gasteiger partial charge >= 0.3 is 0 Å². The Hall–Kier alpha value is -7.88. The summed E-state index contributed by atoms with van der Waals surface area (Å²) in [5, 5.41) is 7.61. The predicted octanol–water partition coefficient (Wildman–Crippen LogP) is 15.3. The topological polar surface area (TPSA) is 13.1 Å². The number of allylic oxidation sites excluding steroid dienone is 4. The summed E-state index contributed by atoms with van der Waals surface area (Å²) in [7, 11) is 0. The molecule has 3 heteroatoms. The highest BCUT2D eigenvalue weighted by molar-refractivity contribution is 6.28. The lowest BCUT2D eigenvalue weighted by atomic mass is 9.59. The first-order valence-corrected chi connectivity index (χ1v) is 21.8. The van der Waals surface area contributed by atoms with Gasteiger partial charge in [0, 0.05) is 55.6 Å². The zero-order chi connectivity index (χ0) is 40.5. The standard InChI is InChI=1S/C59H39N3/c1-3-20-39(21-4-1)60(52-33-17-19-38-18-7-8-24-42(38)52)41-34-35-44-43-25-9-12-28-48(43)59(50(44)36-41)49-29-13-16-32-55(49)62-54-31-15-11-27-46(54)56-57-47(37-51(59)58(56)62)45-26-10-14-30-53(45)61(57)40-22-5-2-6-23-40/h1-28,30-37,49H,29H2. The molecule has 0 saturated carbocycles. The van der Waals surface area contributed by atoms with Crippen LogP contribution in [0, 0.1) is 5.92 Å². The van der Waals surface area contributed by atoms with Crippen molar-refractivity contribution in [3.8, 4) is 16.8 Å². The number of fused-ring (bicyclic) bond motifs is 17. The van der Waals surface area contributed by atoms with Crippen molar-refractivity contribution in [3.05, 3.63) is 235 Å². The molecule has 2 atom stereocenters. The molecule has 11 aromatic rings. The first-order valence-electron chi connectivity index (χ1n) is 21.8. The summed E-state index contributed by atoms with van der Waals surface area (Å²) in [5.74, 6) is 0.138. The zero-order valence-corrected chi connectivity index (χ0v) is 33.9. The van der Waals surface area contributed by atoms with Crippen LogP contribution in [0.1, 0.15) is 23.1 Å².